The van der Waals surface area contributed by atoms with E-state index >= 15 is 0 Å². The number of alkyl halides is 3. The highest BCUT2D eigenvalue weighted by Gasteiger charge is 2.30. The Morgan fingerprint density at radius 1 is 1.07 bits per heavy atom. The van der Waals surface area contributed by atoms with Gasteiger partial charge in [0.1, 0.15) is 11.4 Å². The molecule has 0 radical (unpaired) electrons. The molecule has 0 saturated carbocycles. The molecule has 4 N–H and O–H groups in total. The Bertz CT molecular complexity index is 794. The fourth-order valence-electron chi connectivity index (χ4n) is 2.29. The second-order valence-electron chi connectivity index (χ2n) is 6.39. The van der Waals surface area contributed by atoms with Crippen LogP contribution < -0.4 is 11.5 Å². The first kappa shape index (κ1) is 23.2. The molecule has 1 aromatic rings. The van der Waals surface area contributed by atoms with Crippen molar-refractivity contribution in [1.82, 2.24) is 0 Å². The Hall–Kier alpha value is -2.84. The van der Waals surface area contributed by atoms with Gasteiger partial charge < -0.3 is 16.2 Å². The zero-order valence-electron chi connectivity index (χ0n) is 16.5. The molecule has 1 rings (SSSR count). The SMILES string of the molecule is COC(=NC(C)C)C(C(N)=N[C@@H](C)c1ccc(C(F)(F)F)cc1)=C(N)C(C)=O. The van der Waals surface area contributed by atoms with Crippen molar-refractivity contribution >= 4 is 17.5 Å². The van der Waals surface area contributed by atoms with E-state index in [9.17, 15) is 18.0 Å². The van der Waals surface area contributed by atoms with Gasteiger partial charge in [-0.05, 0) is 38.5 Å². The third-order valence-electron chi connectivity index (χ3n) is 3.74. The average molecular weight is 398 g/mol. The number of nitrogens with two attached hydrogens (primary N) is 2. The predicted octanol–water partition coefficient (Wildman–Crippen LogP) is 3.38. The minimum absolute atomic E-state index is 0.0578. The summed E-state index contributed by atoms with van der Waals surface area (Å²) in [4.78, 5) is 20.3. The lowest BCUT2D eigenvalue weighted by molar-refractivity contribution is -0.137. The number of rotatable bonds is 6. The molecular formula is C19H25F3N4O2. The molecule has 0 heterocycles. The minimum atomic E-state index is -4.42. The van der Waals surface area contributed by atoms with Crippen molar-refractivity contribution in [3.8, 4) is 0 Å². The number of allylic oxidation sites excluding steroid dienone is 1. The quantitative estimate of drug-likeness (QED) is 0.435. The molecule has 28 heavy (non-hydrogen) atoms. The highest BCUT2D eigenvalue weighted by molar-refractivity contribution is 6.24. The fourth-order valence-corrected chi connectivity index (χ4v) is 2.29. The van der Waals surface area contributed by atoms with Crippen molar-refractivity contribution < 1.29 is 22.7 Å². The number of benzene rings is 1. The van der Waals surface area contributed by atoms with Crippen LogP contribution in [0.5, 0.6) is 0 Å². The molecule has 9 heteroatoms. The van der Waals surface area contributed by atoms with Gasteiger partial charge in [-0.15, -0.1) is 0 Å². The summed E-state index contributed by atoms with van der Waals surface area (Å²) in [6, 6.07) is 3.83. The summed E-state index contributed by atoms with van der Waals surface area (Å²) < 4.78 is 43.4. The van der Waals surface area contributed by atoms with Crippen LogP contribution in [0, 0.1) is 0 Å². The summed E-state index contributed by atoms with van der Waals surface area (Å²) in [6.07, 6.45) is -4.42. The van der Waals surface area contributed by atoms with Gasteiger partial charge in [-0.1, -0.05) is 12.1 Å². The highest BCUT2D eigenvalue weighted by atomic mass is 19.4. The number of nitrogens with zero attached hydrogens (tertiary/aromatic N) is 2. The number of Topliss-reactive ketones (excluding diaryl/α,β-unsaturated/α-hetero) is 1. The summed E-state index contributed by atoms with van der Waals surface area (Å²) in [7, 11) is 1.36. The van der Waals surface area contributed by atoms with Crippen LogP contribution >= 0.6 is 0 Å². The van der Waals surface area contributed by atoms with Crippen molar-refractivity contribution in [3.05, 3.63) is 46.7 Å². The average Bonchev–Trinajstić information content (AvgIpc) is 2.59. The topological polar surface area (TPSA) is 103 Å². The van der Waals surface area contributed by atoms with Crippen LogP contribution in [0.25, 0.3) is 0 Å². The smallest absolute Gasteiger partial charge is 0.416 e. The van der Waals surface area contributed by atoms with E-state index < -0.39 is 23.6 Å². The maximum absolute atomic E-state index is 12.7. The van der Waals surface area contributed by atoms with Gasteiger partial charge in [0.15, 0.2) is 5.78 Å². The van der Waals surface area contributed by atoms with Gasteiger partial charge in [0, 0.05) is 13.0 Å². The van der Waals surface area contributed by atoms with E-state index in [2.05, 4.69) is 9.98 Å². The Morgan fingerprint density at radius 2 is 1.61 bits per heavy atom. The van der Waals surface area contributed by atoms with Gasteiger partial charge in [-0.3, -0.25) is 9.79 Å². The van der Waals surface area contributed by atoms with E-state index in [1.54, 1.807) is 20.8 Å². The molecule has 0 bridgehead atoms. The third kappa shape index (κ3) is 6.11. The number of amidine groups is 1. The summed E-state index contributed by atoms with van der Waals surface area (Å²) in [5, 5.41) is 0. The van der Waals surface area contributed by atoms with Crippen LogP contribution in [-0.2, 0) is 15.7 Å². The molecule has 1 aromatic carbocycles. The lowest BCUT2D eigenvalue weighted by Gasteiger charge is -2.15. The highest BCUT2D eigenvalue weighted by Crippen LogP contribution is 2.30. The number of halogens is 3. The Balaban J connectivity index is 3.35. The molecule has 0 aliphatic carbocycles. The zero-order valence-corrected chi connectivity index (χ0v) is 16.5. The van der Waals surface area contributed by atoms with E-state index in [0.717, 1.165) is 12.1 Å². The first-order valence-corrected chi connectivity index (χ1v) is 8.52. The fraction of sp³-hybridized carbons (Fsp3) is 0.421. The van der Waals surface area contributed by atoms with Gasteiger partial charge in [-0.25, -0.2) is 4.99 Å². The van der Waals surface area contributed by atoms with Gasteiger partial charge in [0.2, 0.25) is 5.90 Å². The molecule has 0 spiro atoms. The molecule has 0 amide bonds. The Morgan fingerprint density at radius 3 is 2.00 bits per heavy atom. The van der Waals surface area contributed by atoms with Crippen molar-refractivity contribution in [2.45, 2.75) is 46.0 Å². The predicted molar refractivity (Wildman–Crippen MR) is 103 cm³/mol. The summed E-state index contributed by atoms with van der Waals surface area (Å²) >= 11 is 0. The standard InChI is InChI=1S/C19H25F3N4O2/c1-10(2)25-18(28-5)15(16(23)12(4)27)17(24)26-11(3)13-6-8-14(9-7-13)19(20,21)22/h6-11H,23H2,1-5H3,(H2,24,26)/t11-/m0/s1. The van der Waals surface area contributed by atoms with Gasteiger partial charge >= 0.3 is 6.18 Å². The lowest BCUT2D eigenvalue weighted by Crippen LogP contribution is -2.29. The molecule has 0 aliphatic heterocycles. The first-order chi connectivity index (χ1) is 12.9. The zero-order chi connectivity index (χ0) is 21.6. The number of methoxy groups -OCH3 is 1. The van der Waals surface area contributed by atoms with Gasteiger partial charge in [-0.2, -0.15) is 13.2 Å². The molecule has 0 aromatic heterocycles. The first-order valence-electron chi connectivity index (χ1n) is 8.52. The minimum Gasteiger partial charge on any atom is -0.481 e. The molecule has 1 atom stereocenters. The molecule has 6 nitrogen and oxygen atoms in total. The van der Waals surface area contributed by atoms with Gasteiger partial charge in [0.05, 0.1) is 24.4 Å². The summed E-state index contributed by atoms with van der Waals surface area (Å²) in [5.41, 5.74) is 11.6. The molecule has 0 unspecified atom stereocenters. The van der Waals surface area contributed by atoms with Crippen molar-refractivity contribution in [2.24, 2.45) is 21.5 Å². The largest absolute Gasteiger partial charge is 0.481 e. The number of carbonyl (C=O) groups is 1. The van der Waals surface area contributed by atoms with E-state index in [1.165, 1.54) is 26.2 Å². The maximum Gasteiger partial charge on any atom is 0.416 e. The monoisotopic (exact) mass is 398 g/mol. The number of aliphatic imine (C=N–C) groups is 2. The van der Waals surface area contributed by atoms with Crippen LogP contribution in [-0.4, -0.2) is 30.7 Å². The summed E-state index contributed by atoms with van der Waals surface area (Å²) in [5.74, 6) is -0.478. The van der Waals surface area contributed by atoms with Crippen LogP contribution in [0.4, 0.5) is 13.2 Å². The van der Waals surface area contributed by atoms with Crippen molar-refractivity contribution in [3.63, 3.8) is 0 Å². The van der Waals surface area contributed by atoms with Gasteiger partial charge in [0.25, 0.3) is 0 Å². The third-order valence-corrected chi connectivity index (χ3v) is 3.74. The molecule has 0 fully saturated rings. The summed E-state index contributed by atoms with van der Waals surface area (Å²) in [6.45, 7) is 6.53. The Kier molecular flexibility index (Phi) is 7.78. The maximum atomic E-state index is 12.7. The van der Waals surface area contributed by atoms with E-state index in [4.69, 9.17) is 16.2 Å². The number of hydrogen-bond donors (Lipinski definition) is 2. The number of hydrogen-bond acceptors (Lipinski definition) is 5. The molecule has 0 aliphatic rings. The van der Waals surface area contributed by atoms with E-state index in [-0.39, 0.29) is 29.0 Å². The number of carbonyl (C=O) groups excluding carboxylic acids is 1. The van der Waals surface area contributed by atoms with E-state index in [1.807, 2.05) is 0 Å². The second-order valence-corrected chi connectivity index (χ2v) is 6.39. The molecular weight excluding hydrogens is 373 g/mol. The van der Waals surface area contributed by atoms with Crippen LogP contribution in [0.1, 0.15) is 44.9 Å². The number of ketones is 1. The van der Waals surface area contributed by atoms with E-state index in [0.29, 0.717) is 5.56 Å². The normalized spacial score (nSPS) is 15.3. The van der Waals surface area contributed by atoms with Crippen LogP contribution in [0.2, 0.25) is 0 Å². The van der Waals surface area contributed by atoms with Crippen molar-refractivity contribution in [1.29, 1.82) is 0 Å². The Labute approximate surface area is 162 Å². The lowest BCUT2D eigenvalue weighted by atomic mass is 10.1. The van der Waals surface area contributed by atoms with Crippen molar-refractivity contribution in [2.75, 3.05) is 7.11 Å². The number of ether oxygens (including phenoxy) is 1. The second kappa shape index (κ2) is 9.38. The van der Waals surface area contributed by atoms with Crippen LogP contribution in [0.3, 0.4) is 0 Å². The molecule has 154 valence electrons. The molecule has 0 saturated heterocycles. The van der Waals surface area contributed by atoms with Crippen LogP contribution in [0.15, 0.2) is 45.5 Å².